The number of nitrogens with zero attached hydrogens (tertiary/aromatic N) is 2. The molecule has 0 aromatic carbocycles. The van der Waals surface area contributed by atoms with E-state index in [1.807, 2.05) is 18.2 Å². The lowest BCUT2D eigenvalue weighted by Crippen LogP contribution is -2.63. The highest BCUT2D eigenvalue weighted by Gasteiger charge is 2.83. The fraction of sp³-hybridized carbons (Fsp3) is 0.550. The molecule has 2 heterocycles. The Bertz CT molecular complexity index is 1400. The Morgan fingerprint density at radius 3 is 1.71 bits per heavy atom. The quantitative estimate of drug-likeness (QED) is 0.137. The maximum Gasteiger partial charge on any atom is 0.460 e. The van der Waals surface area contributed by atoms with E-state index < -0.39 is 67.2 Å². The number of allylic oxidation sites excluding steroid dienone is 2. The van der Waals surface area contributed by atoms with Gasteiger partial charge in [0.15, 0.2) is 29.1 Å². The fourth-order valence-electron chi connectivity index (χ4n) is 4.42. The van der Waals surface area contributed by atoms with Crippen molar-refractivity contribution in [3.8, 4) is 0 Å². The molecule has 1 saturated carbocycles. The summed E-state index contributed by atoms with van der Waals surface area (Å²) < 4.78 is 166. The van der Waals surface area contributed by atoms with Crippen molar-refractivity contribution in [2.45, 2.75) is 36.2 Å². The number of aromatic nitrogens is 1. The second-order valence-corrected chi connectivity index (χ2v) is 12.1. The number of rotatable bonds is 8. The second-order valence-electron chi connectivity index (χ2n) is 9.04. The molecule has 0 N–H and O–H groups in total. The molecule has 2 amide bonds. The number of fused-ring (bicyclic) bond motifs is 5. The normalized spacial score (nSPS) is 24.9. The van der Waals surface area contributed by atoms with Crippen LogP contribution in [-0.2, 0) is 40.7 Å². The number of hydrogen-bond acceptors (Lipinski definition) is 8. The molecule has 2 fully saturated rings. The number of carbonyl (C=O) groups excluding carboxylic acids is 2. The van der Waals surface area contributed by atoms with Crippen molar-refractivity contribution in [3.05, 3.63) is 42.7 Å². The summed E-state index contributed by atoms with van der Waals surface area (Å²) in [7, 11) is -11.4. The van der Waals surface area contributed by atoms with Crippen molar-refractivity contribution in [1.29, 1.82) is 0 Å². The third-order valence-electron chi connectivity index (χ3n) is 6.42. The summed E-state index contributed by atoms with van der Waals surface area (Å²) in [5.74, 6) is -17.1. The third kappa shape index (κ3) is 5.80. The highest BCUT2D eigenvalue weighted by atomic mass is 32.2. The topological polar surface area (TPSA) is 142 Å². The Morgan fingerprint density at radius 1 is 0.829 bits per heavy atom. The van der Waals surface area contributed by atoms with E-state index in [1.54, 1.807) is 29.1 Å². The zero-order valence-corrected chi connectivity index (χ0v) is 21.5. The lowest BCUT2D eigenvalue weighted by Gasteiger charge is -2.34. The van der Waals surface area contributed by atoms with Gasteiger partial charge in [0.2, 0.25) is 0 Å². The average Bonchev–Trinajstić information content (AvgIpc) is 3.52. The van der Waals surface area contributed by atoms with Crippen LogP contribution in [0.5, 0.6) is 0 Å². The molecule has 2 aliphatic carbocycles. The summed E-state index contributed by atoms with van der Waals surface area (Å²) in [4.78, 5) is 24.8. The number of aryl methyl sites for hydroxylation is 1. The molecule has 1 aromatic heterocycles. The average molecular weight is 648 g/mol. The molecule has 10 nitrogen and oxygen atoms in total. The molecule has 0 radical (unpaired) electrons. The molecule has 3 aliphatic rings. The molecule has 4 unspecified atom stereocenters. The van der Waals surface area contributed by atoms with Gasteiger partial charge in [-0.2, -0.15) is 47.9 Å². The van der Waals surface area contributed by atoms with Gasteiger partial charge in [-0.25, -0.2) is 13.0 Å². The van der Waals surface area contributed by atoms with Crippen molar-refractivity contribution in [2.75, 3.05) is 5.75 Å². The first kappa shape index (κ1) is 32.7. The Labute approximate surface area is 225 Å². The number of carbonyl (C=O) groups is 2. The van der Waals surface area contributed by atoms with E-state index in [4.69, 9.17) is 4.28 Å². The second kappa shape index (κ2) is 10.5. The number of amides is 2. The number of hydroxylamine groups is 2. The molecule has 1 aliphatic heterocycles. The summed E-state index contributed by atoms with van der Waals surface area (Å²) >= 11 is 0. The number of halogens is 9. The van der Waals surface area contributed by atoms with E-state index in [-0.39, 0.29) is 24.1 Å². The van der Waals surface area contributed by atoms with E-state index in [0.29, 0.717) is 5.06 Å². The van der Waals surface area contributed by atoms with Gasteiger partial charge >= 0.3 is 23.3 Å². The van der Waals surface area contributed by atoms with Gasteiger partial charge in [-0.05, 0) is 18.3 Å². The fourth-order valence-corrected chi connectivity index (χ4v) is 5.74. The molecular weight excluding hydrogens is 631 g/mol. The summed E-state index contributed by atoms with van der Waals surface area (Å²) in [6.45, 7) is 0.180. The predicted molar refractivity (Wildman–Crippen MR) is 112 cm³/mol. The zero-order chi connectivity index (χ0) is 31.4. The van der Waals surface area contributed by atoms with Crippen LogP contribution >= 0.6 is 0 Å². The standard InChI is InChI=1S/C16H17N2O5S.C4HF9O3S/c19-15-13-11-4-5-12(10-11)14(13)16(20)18(15)23-24(21,22)9-8-17-6-2-1-3-7-17;5-1(6,3(9,10)11)2(7,8)4(12,13)17(14,15)16/h1-7,11-14H,8-10H2;(H,14,15,16)/q+1;/p-1. The molecule has 4 rings (SSSR count). The largest absolute Gasteiger partial charge is 0.743 e. The highest BCUT2D eigenvalue weighted by molar-refractivity contribution is 7.87. The molecule has 230 valence electrons. The summed E-state index contributed by atoms with van der Waals surface area (Å²) in [5, 5.41) is -6.63. The van der Waals surface area contributed by atoms with E-state index in [9.17, 15) is 70.5 Å². The highest BCUT2D eigenvalue weighted by Crippen LogP contribution is 2.54. The minimum Gasteiger partial charge on any atom is -0.743 e. The first-order chi connectivity index (χ1) is 18.5. The van der Waals surface area contributed by atoms with Crippen LogP contribution in [0.3, 0.4) is 0 Å². The number of hydrogen-bond donors (Lipinski definition) is 0. The van der Waals surface area contributed by atoms with E-state index in [1.165, 1.54) is 0 Å². The summed E-state index contributed by atoms with van der Waals surface area (Å²) in [5.41, 5.74) is 0. The smallest absolute Gasteiger partial charge is 0.460 e. The molecule has 2 bridgehead atoms. The summed E-state index contributed by atoms with van der Waals surface area (Å²) in [6.07, 6.45) is 0.982. The van der Waals surface area contributed by atoms with Crippen LogP contribution in [-0.4, -0.2) is 67.3 Å². The van der Waals surface area contributed by atoms with Crippen LogP contribution in [0.4, 0.5) is 39.5 Å². The Balaban J connectivity index is 0.000000242. The Hall–Kier alpha value is -2.78. The lowest BCUT2D eigenvalue weighted by molar-refractivity contribution is -0.692. The predicted octanol–water partition coefficient (Wildman–Crippen LogP) is 2.00. The molecule has 1 aromatic rings. The van der Waals surface area contributed by atoms with Crippen molar-refractivity contribution < 1.29 is 79.3 Å². The van der Waals surface area contributed by atoms with Gasteiger partial charge in [0.05, 0.1) is 11.8 Å². The summed E-state index contributed by atoms with van der Waals surface area (Å²) in [6, 6.07) is 5.39. The van der Waals surface area contributed by atoms with Crippen molar-refractivity contribution in [2.24, 2.45) is 23.7 Å². The first-order valence-electron chi connectivity index (χ1n) is 11.0. The minimum atomic E-state index is -7.43. The SMILES string of the molecule is O=C1C2C3C=CC(C3)C2C(=O)N1OS(=O)(=O)CC[n+]1ccccc1.O=S(=O)([O-])C(F)(F)C(F)(F)C(F)(F)C(F)(F)F. The van der Waals surface area contributed by atoms with Gasteiger partial charge in [-0.1, -0.05) is 18.2 Å². The zero-order valence-electron chi connectivity index (χ0n) is 19.9. The van der Waals surface area contributed by atoms with Crippen molar-refractivity contribution >= 4 is 32.1 Å². The van der Waals surface area contributed by atoms with E-state index >= 15 is 0 Å². The lowest BCUT2D eigenvalue weighted by atomic mass is 9.85. The Morgan fingerprint density at radius 2 is 1.29 bits per heavy atom. The maximum absolute atomic E-state index is 12.4. The van der Waals surface area contributed by atoms with Crippen molar-refractivity contribution in [3.63, 3.8) is 0 Å². The number of pyridine rings is 1. The number of imide groups is 1. The van der Waals surface area contributed by atoms with E-state index in [0.717, 1.165) is 6.42 Å². The molecule has 1 saturated heterocycles. The van der Waals surface area contributed by atoms with Crippen LogP contribution in [0.15, 0.2) is 42.7 Å². The van der Waals surface area contributed by atoms with Crippen LogP contribution in [0.2, 0.25) is 0 Å². The molecule has 21 heteroatoms. The van der Waals surface area contributed by atoms with Crippen molar-refractivity contribution in [1.82, 2.24) is 5.06 Å². The van der Waals surface area contributed by atoms with Crippen LogP contribution in [0.25, 0.3) is 0 Å². The van der Waals surface area contributed by atoms with E-state index in [2.05, 4.69) is 0 Å². The van der Waals surface area contributed by atoms with Crippen LogP contribution in [0, 0.1) is 23.7 Å². The van der Waals surface area contributed by atoms with Gasteiger partial charge in [0.1, 0.15) is 5.75 Å². The number of alkyl halides is 9. The molecule has 41 heavy (non-hydrogen) atoms. The van der Waals surface area contributed by atoms with Crippen LogP contribution in [0.1, 0.15) is 6.42 Å². The molecular formula is C20H17F9N2O8S2. The maximum atomic E-state index is 12.4. The van der Waals surface area contributed by atoms with Gasteiger partial charge in [0, 0.05) is 12.1 Å². The van der Waals surface area contributed by atoms with Gasteiger partial charge in [0.25, 0.3) is 21.9 Å². The van der Waals surface area contributed by atoms with Gasteiger partial charge in [-0.3, -0.25) is 9.59 Å². The molecule has 4 atom stereocenters. The van der Waals surface area contributed by atoms with Gasteiger partial charge < -0.3 is 4.55 Å². The third-order valence-corrected chi connectivity index (χ3v) is 8.37. The van der Waals surface area contributed by atoms with Gasteiger partial charge in [-0.15, -0.1) is 9.35 Å². The van der Waals surface area contributed by atoms with Crippen LogP contribution < -0.4 is 4.57 Å². The minimum absolute atomic E-state index is 0.0210. The first-order valence-corrected chi connectivity index (χ1v) is 14.0. The Kier molecular flexibility index (Phi) is 8.38. The molecule has 0 spiro atoms. The monoisotopic (exact) mass is 648 g/mol.